The van der Waals surface area contributed by atoms with E-state index in [9.17, 15) is 9.90 Å². The molecule has 0 aromatic heterocycles. The number of rotatable bonds is 6. The summed E-state index contributed by atoms with van der Waals surface area (Å²) in [4.78, 5) is 10.7. The number of aliphatic hydroxyl groups is 1. The summed E-state index contributed by atoms with van der Waals surface area (Å²) >= 11 is 0. The molecule has 0 radical (unpaired) electrons. The topological polar surface area (TPSA) is 69.6 Å². The van der Waals surface area contributed by atoms with Crippen LogP contribution in [0.1, 0.15) is 42.9 Å². The summed E-state index contributed by atoms with van der Waals surface area (Å²) in [6.07, 6.45) is 1.85. The van der Waals surface area contributed by atoms with Gasteiger partial charge in [0.05, 0.1) is 6.10 Å². The molecule has 4 nitrogen and oxygen atoms in total. The van der Waals surface area contributed by atoms with Gasteiger partial charge in [-0.15, -0.1) is 0 Å². The number of benzene rings is 1. The Morgan fingerprint density at radius 3 is 2.53 bits per heavy atom. The van der Waals surface area contributed by atoms with Crippen LogP contribution in [0.2, 0.25) is 0 Å². The van der Waals surface area contributed by atoms with Crippen molar-refractivity contribution in [1.82, 2.24) is 5.48 Å². The minimum atomic E-state index is -0.479. The Bertz CT molecular complexity index is 348. The van der Waals surface area contributed by atoms with Gasteiger partial charge in [0.2, 0.25) is 5.91 Å². The highest BCUT2D eigenvalue weighted by Crippen LogP contribution is 2.19. The van der Waals surface area contributed by atoms with E-state index < -0.39 is 6.10 Å². The van der Waals surface area contributed by atoms with E-state index in [1.807, 2.05) is 31.2 Å². The van der Waals surface area contributed by atoms with E-state index in [2.05, 4.69) is 0 Å². The van der Waals surface area contributed by atoms with Crippen LogP contribution in [0.25, 0.3) is 0 Å². The highest BCUT2D eigenvalue weighted by molar-refractivity contribution is 5.74. The first-order valence-electron chi connectivity index (χ1n) is 5.81. The Hall–Kier alpha value is -1.39. The largest absolute Gasteiger partial charge is 0.388 e. The highest BCUT2D eigenvalue weighted by atomic mass is 16.5. The molecule has 1 atom stereocenters. The normalized spacial score (nSPS) is 12.2. The van der Waals surface area contributed by atoms with E-state index in [-0.39, 0.29) is 12.3 Å². The fourth-order valence-electron chi connectivity index (χ4n) is 1.63. The minimum absolute atomic E-state index is 0.289. The van der Waals surface area contributed by atoms with Gasteiger partial charge < -0.3 is 5.11 Å². The number of carbonyl (C=O) groups is 1. The fraction of sp³-hybridized carbons (Fsp3) is 0.462. The first-order valence-corrected chi connectivity index (χ1v) is 5.81. The van der Waals surface area contributed by atoms with Crippen molar-refractivity contribution in [2.24, 2.45) is 0 Å². The Kier molecular flexibility index (Phi) is 5.66. The van der Waals surface area contributed by atoms with Crippen molar-refractivity contribution in [3.63, 3.8) is 0 Å². The van der Waals surface area contributed by atoms with Crippen molar-refractivity contribution in [3.05, 3.63) is 35.4 Å². The zero-order valence-corrected chi connectivity index (χ0v) is 10.0. The lowest BCUT2D eigenvalue weighted by Crippen LogP contribution is -2.17. The molecule has 0 aliphatic rings. The maximum Gasteiger partial charge on any atom is 0.243 e. The van der Waals surface area contributed by atoms with Crippen LogP contribution >= 0.6 is 0 Å². The molecule has 1 rings (SSSR count). The lowest BCUT2D eigenvalue weighted by Gasteiger charge is -2.10. The van der Waals surface area contributed by atoms with Gasteiger partial charge >= 0.3 is 0 Å². The maximum absolute atomic E-state index is 10.7. The molecule has 1 aromatic rings. The van der Waals surface area contributed by atoms with Crippen LogP contribution in [0.3, 0.4) is 0 Å². The molecule has 0 fully saturated rings. The van der Waals surface area contributed by atoms with Crippen molar-refractivity contribution >= 4 is 5.91 Å². The molecule has 0 saturated heterocycles. The Morgan fingerprint density at radius 2 is 1.94 bits per heavy atom. The highest BCUT2D eigenvalue weighted by Gasteiger charge is 2.07. The first kappa shape index (κ1) is 13.7. The second-order valence-electron chi connectivity index (χ2n) is 4.21. The summed E-state index contributed by atoms with van der Waals surface area (Å²) in [6, 6.07) is 7.77. The van der Waals surface area contributed by atoms with Crippen molar-refractivity contribution in [2.75, 3.05) is 0 Å². The summed E-state index contributed by atoms with van der Waals surface area (Å²) in [5.41, 5.74) is 3.66. The molecule has 17 heavy (non-hydrogen) atoms. The van der Waals surface area contributed by atoms with Crippen LogP contribution in [-0.2, 0) is 4.79 Å². The third-order valence-corrected chi connectivity index (χ3v) is 2.72. The van der Waals surface area contributed by atoms with Crippen LogP contribution in [0.15, 0.2) is 24.3 Å². The molecule has 0 bridgehead atoms. The number of aryl methyl sites for hydroxylation is 1. The second-order valence-corrected chi connectivity index (χ2v) is 4.21. The molecule has 0 aliphatic heterocycles. The van der Waals surface area contributed by atoms with E-state index in [4.69, 9.17) is 5.21 Å². The number of carbonyl (C=O) groups excluding carboxylic acids is 1. The van der Waals surface area contributed by atoms with Crippen LogP contribution in [0.4, 0.5) is 0 Å². The zero-order chi connectivity index (χ0) is 12.7. The Morgan fingerprint density at radius 1 is 1.29 bits per heavy atom. The molecule has 1 amide bonds. The number of amides is 1. The van der Waals surface area contributed by atoms with Crippen LogP contribution in [0, 0.1) is 6.92 Å². The second kappa shape index (κ2) is 7.04. The van der Waals surface area contributed by atoms with Crippen molar-refractivity contribution in [3.8, 4) is 0 Å². The standard InChI is InChI=1S/C13H19NO3/c1-10-6-8-11(9-7-10)12(15)4-2-3-5-13(16)14-17/h6-9,12,15,17H,2-5H2,1H3,(H,14,16). The number of nitrogens with one attached hydrogen (secondary N) is 1. The predicted molar refractivity (Wildman–Crippen MR) is 64.5 cm³/mol. The molecule has 0 aliphatic carbocycles. The summed E-state index contributed by atoms with van der Waals surface area (Å²) in [5, 5.41) is 18.2. The van der Waals surface area contributed by atoms with Crippen LogP contribution < -0.4 is 5.48 Å². The van der Waals surface area contributed by atoms with Gasteiger partial charge in [0.25, 0.3) is 0 Å². The molecule has 3 N–H and O–H groups in total. The monoisotopic (exact) mass is 237 g/mol. The van der Waals surface area contributed by atoms with E-state index in [0.29, 0.717) is 12.8 Å². The fourth-order valence-corrected chi connectivity index (χ4v) is 1.63. The molecular weight excluding hydrogens is 218 g/mol. The minimum Gasteiger partial charge on any atom is -0.388 e. The number of aliphatic hydroxyl groups excluding tert-OH is 1. The van der Waals surface area contributed by atoms with E-state index >= 15 is 0 Å². The Labute approximate surface area is 101 Å². The molecule has 4 heteroatoms. The van der Waals surface area contributed by atoms with Gasteiger partial charge in [0.1, 0.15) is 0 Å². The average molecular weight is 237 g/mol. The summed E-state index contributed by atoms with van der Waals surface area (Å²) in [5.74, 6) is -0.380. The SMILES string of the molecule is Cc1ccc(C(O)CCCCC(=O)NO)cc1. The summed E-state index contributed by atoms with van der Waals surface area (Å²) in [6.45, 7) is 2.00. The molecule has 0 spiro atoms. The molecular formula is C13H19NO3. The maximum atomic E-state index is 10.7. The van der Waals surface area contributed by atoms with E-state index in [1.165, 1.54) is 5.56 Å². The number of hydrogen-bond donors (Lipinski definition) is 3. The van der Waals surface area contributed by atoms with Gasteiger partial charge in [-0.25, -0.2) is 5.48 Å². The van der Waals surface area contributed by atoms with Gasteiger partial charge in [-0.3, -0.25) is 10.0 Å². The van der Waals surface area contributed by atoms with Crippen LogP contribution in [0.5, 0.6) is 0 Å². The van der Waals surface area contributed by atoms with Crippen LogP contribution in [-0.4, -0.2) is 16.2 Å². The van der Waals surface area contributed by atoms with E-state index in [1.54, 1.807) is 5.48 Å². The van der Waals surface area contributed by atoms with Crippen molar-refractivity contribution < 1.29 is 15.1 Å². The molecule has 1 unspecified atom stereocenters. The molecule has 0 heterocycles. The predicted octanol–water partition coefficient (Wildman–Crippen LogP) is 2.09. The first-order chi connectivity index (χ1) is 8.13. The van der Waals surface area contributed by atoms with Gasteiger partial charge in [-0.1, -0.05) is 36.2 Å². The number of hydroxylamine groups is 1. The van der Waals surface area contributed by atoms with Gasteiger partial charge in [-0.2, -0.15) is 0 Å². The average Bonchev–Trinajstić information content (AvgIpc) is 2.34. The quantitative estimate of drug-likeness (QED) is 0.403. The van der Waals surface area contributed by atoms with Gasteiger partial charge in [-0.05, 0) is 25.3 Å². The lowest BCUT2D eigenvalue weighted by atomic mass is 10.0. The third kappa shape index (κ3) is 4.97. The number of hydrogen-bond acceptors (Lipinski definition) is 3. The lowest BCUT2D eigenvalue weighted by molar-refractivity contribution is -0.129. The molecule has 0 saturated carbocycles. The molecule has 94 valence electrons. The van der Waals surface area contributed by atoms with Crippen molar-refractivity contribution in [2.45, 2.75) is 38.7 Å². The Balaban J connectivity index is 2.27. The third-order valence-electron chi connectivity index (χ3n) is 2.72. The van der Waals surface area contributed by atoms with Crippen molar-refractivity contribution in [1.29, 1.82) is 0 Å². The zero-order valence-electron chi connectivity index (χ0n) is 10.0. The van der Waals surface area contributed by atoms with E-state index in [0.717, 1.165) is 12.0 Å². The van der Waals surface area contributed by atoms with Gasteiger partial charge in [0.15, 0.2) is 0 Å². The molecule has 1 aromatic carbocycles. The smallest absolute Gasteiger partial charge is 0.243 e. The summed E-state index contributed by atoms with van der Waals surface area (Å²) in [7, 11) is 0. The summed E-state index contributed by atoms with van der Waals surface area (Å²) < 4.78 is 0. The number of unbranched alkanes of at least 4 members (excludes halogenated alkanes) is 1. The van der Waals surface area contributed by atoms with Gasteiger partial charge in [0, 0.05) is 6.42 Å².